The van der Waals surface area contributed by atoms with Crippen LogP contribution in [0.15, 0.2) is 60.9 Å². The lowest BCUT2D eigenvalue weighted by atomic mass is 10.0. The maximum absolute atomic E-state index is 13.4. The van der Waals surface area contributed by atoms with Gasteiger partial charge in [0.2, 0.25) is 0 Å². The fourth-order valence-electron chi connectivity index (χ4n) is 3.25. The number of nitrogens with one attached hydrogen (secondary N) is 2. The minimum Gasteiger partial charge on any atom is -0.369 e. The Morgan fingerprint density at radius 3 is 2.65 bits per heavy atom. The molecule has 5 nitrogen and oxygen atoms in total. The molecule has 3 aromatic heterocycles. The highest BCUT2D eigenvalue weighted by atomic mass is 19.1. The van der Waals surface area contributed by atoms with Gasteiger partial charge in [-0.15, -0.1) is 0 Å². The number of hydrogen-bond donors (Lipinski definition) is 3. The third-order valence-electron chi connectivity index (χ3n) is 4.51. The van der Waals surface area contributed by atoms with Crippen LogP contribution >= 0.6 is 0 Å². The summed E-state index contributed by atoms with van der Waals surface area (Å²) in [4.78, 5) is 14.9. The Hall–Kier alpha value is -3.67. The van der Waals surface area contributed by atoms with Gasteiger partial charge in [-0.25, -0.2) is 9.37 Å². The Balaban J connectivity index is 1.54. The van der Waals surface area contributed by atoms with E-state index in [9.17, 15) is 4.39 Å². The van der Waals surface area contributed by atoms with Crippen molar-refractivity contribution in [1.82, 2.24) is 19.9 Å². The number of rotatable bonds is 2. The highest BCUT2D eigenvalue weighted by Gasteiger charge is 2.09. The first-order chi connectivity index (χ1) is 12.7. The Bertz CT molecular complexity index is 1250. The van der Waals surface area contributed by atoms with Gasteiger partial charge in [0.1, 0.15) is 5.82 Å². The van der Waals surface area contributed by atoms with E-state index in [-0.39, 0.29) is 5.82 Å². The Labute approximate surface area is 147 Å². The number of nitrogen functional groups attached to an aromatic ring is 1. The van der Waals surface area contributed by atoms with Crippen molar-refractivity contribution in [3.8, 4) is 22.4 Å². The molecule has 2 aromatic carbocycles. The number of pyridine rings is 1. The van der Waals surface area contributed by atoms with E-state index < -0.39 is 0 Å². The molecule has 26 heavy (non-hydrogen) atoms. The largest absolute Gasteiger partial charge is 0.369 e. The molecule has 5 rings (SSSR count). The van der Waals surface area contributed by atoms with Gasteiger partial charge < -0.3 is 15.7 Å². The zero-order chi connectivity index (χ0) is 17.7. The molecule has 0 radical (unpaired) electrons. The van der Waals surface area contributed by atoms with Gasteiger partial charge in [-0.2, -0.15) is 0 Å². The first-order valence-corrected chi connectivity index (χ1v) is 8.16. The minimum absolute atomic E-state index is 0.255. The van der Waals surface area contributed by atoms with Crippen LogP contribution in [-0.4, -0.2) is 19.9 Å². The minimum atomic E-state index is -0.255. The van der Waals surface area contributed by atoms with Gasteiger partial charge >= 0.3 is 0 Å². The van der Waals surface area contributed by atoms with E-state index in [1.54, 1.807) is 6.07 Å². The van der Waals surface area contributed by atoms with Crippen molar-refractivity contribution in [2.45, 2.75) is 0 Å². The van der Waals surface area contributed by atoms with E-state index in [0.29, 0.717) is 5.95 Å². The van der Waals surface area contributed by atoms with E-state index in [1.165, 1.54) is 12.1 Å². The number of H-pyrrole nitrogens is 2. The second kappa shape index (κ2) is 5.42. The summed E-state index contributed by atoms with van der Waals surface area (Å²) < 4.78 is 13.4. The number of aromatic nitrogens is 4. The number of halogens is 1. The molecule has 0 fully saturated rings. The molecule has 0 spiro atoms. The average molecular weight is 343 g/mol. The quantitative estimate of drug-likeness (QED) is 0.441. The summed E-state index contributed by atoms with van der Waals surface area (Å²) in [6, 6.07) is 14.6. The number of anilines is 1. The SMILES string of the molecule is Nc1nc2ccc(-c3ccc(-c4c[nH]c5cc(F)ccc45)cn3)cc2[nH]1. The number of nitrogens with two attached hydrogens (primary N) is 1. The second-order valence-electron chi connectivity index (χ2n) is 6.18. The number of nitrogens with zero attached hydrogens (tertiary/aromatic N) is 2. The van der Waals surface area contributed by atoms with Crippen LogP contribution in [-0.2, 0) is 0 Å². The molecule has 0 atom stereocenters. The number of benzene rings is 2. The first kappa shape index (κ1) is 14.7. The van der Waals surface area contributed by atoms with Gasteiger partial charge in [-0.1, -0.05) is 12.1 Å². The van der Waals surface area contributed by atoms with Crippen LogP contribution in [0.5, 0.6) is 0 Å². The van der Waals surface area contributed by atoms with E-state index >= 15 is 0 Å². The van der Waals surface area contributed by atoms with Gasteiger partial charge in [0.25, 0.3) is 0 Å². The topological polar surface area (TPSA) is 83.4 Å². The molecular weight excluding hydrogens is 329 g/mol. The monoisotopic (exact) mass is 343 g/mol. The Kier molecular flexibility index (Phi) is 3.05. The van der Waals surface area contributed by atoms with E-state index in [0.717, 1.165) is 44.3 Å². The fourth-order valence-corrected chi connectivity index (χ4v) is 3.25. The number of fused-ring (bicyclic) bond motifs is 2. The van der Waals surface area contributed by atoms with Crippen molar-refractivity contribution in [3.05, 3.63) is 66.7 Å². The summed E-state index contributed by atoms with van der Waals surface area (Å²) in [5.41, 5.74) is 12.0. The lowest BCUT2D eigenvalue weighted by molar-refractivity contribution is 0.629. The Morgan fingerprint density at radius 2 is 1.81 bits per heavy atom. The maximum atomic E-state index is 13.4. The molecular formula is C20H14FN5. The number of hydrogen-bond acceptors (Lipinski definition) is 3. The molecule has 0 amide bonds. The zero-order valence-electron chi connectivity index (χ0n) is 13.6. The van der Waals surface area contributed by atoms with Crippen molar-refractivity contribution in [2.24, 2.45) is 0 Å². The molecule has 0 aliphatic heterocycles. The molecule has 0 saturated carbocycles. The van der Waals surface area contributed by atoms with Crippen molar-refractivity contribution >= 4 is 27.9 Å². The van der Waals surface area contributed by atoms with Gasteiger partial charge in [0.05, 0.1) is 16.7 Å². The van der Waals surface area contributed by atoms with Crippen molar-refractivity contribution < 1.29 is 4.39 Å². The van der Waals surface area contributed by atoms with Crippen LogP contribution < -0.4 is 5.73 Å². The molecule has 4 N–H and O–H groups in total. The second-order valence-corrected chi connectivity index (χ2v) is 6.18. The molecule has 3 heterocycles. The summed E-state index contributed by atoms with van der Waals surface area (Å²) in [5, 5.41) is 0.968. The predicted octanol–water partition coefficient (Wildman–Crippen LogP) is 4.49. The normalized spacial score (nSPS) is 11.4. The number of imidazole rings is 1. The standard InChI is InChI=1S/C20H14FN5/c21-13-3-4-14-15(10-24-18(14)8-13)12-2-5-16(23-9-12)11-1-6-17-19(7-11)26-20(22)25-17/h1-10,24H,(H3,22,25,26). The third kappa shape index (κ3) is 2.31. The molecule has 6 heteroatoms. The molecule has 0 aliphatic carbocycles. The summed E-state index contributed by atoms with van der Waals surface area (Å²) in [5.74, 6) is 0.144. The average Bonchev–Trinajstić information content (AvgIpc) is 3.23. The van der Waals surface area contributed by atoms with Crippen LogP contribution in [0.25, 0.3) is 44.3 Å². The van der Waals surface area contributed by atoms with Crippen LogP contribution in [0.1, 0.15) is 0 Å². The summed E-state index contributed by atoms with van der Waals surface area (Å²) in [6.45, 7) is 0. The molecule has 0 unspecified atom stereocenters. The van der Waals surface area contributed by atoms with Gasteiger partial charge in [-0.3, -0.25) is 4.98 Å². The first-order valence-electron chi connectivity index (χ1n) is 8.16. The highest BCUT2D eigenvalue weighted by molar-refractivity contribution is 5.95. The molecule has 126 valence electrons. The maximum Gasteiger partial charge on any atom is 0.198 e. The fraction of sp³-hybridized carbons (Fsp3) is 0. The molecule has 0 aliphatic rings. The van der Waals surface area contributed by atoms with Crippen molar-refractivity contribution in [3.63, 3.8) is 0 Å². The zero-order valence-corrected chi connectivity index (χ0v) is 13.6. The van der Waals surface area contributed by atoms with Crippen LogP contribution in [0.2, 0.25) is 0 Å². The van der Waals surface area contributed by atoms with Crippen molar-refractivity contribution in [1.29, 1.82) is 0 Å². The summed E-state index contributed by atoms with van der Waals surface area (Å²) >= 11 is 0. The lowest BCUT2D eigenvalue weighted by Crippen LogP contribution is -1.85. The molecule has 0 saturated heterocycles. The smallest absolute Gasteiger partial charge is 0.198 e. The van der Waals surface area contributed by atoms with E-state index in [1.807, 2.05) is 42.7 Å². The summed E-state index contributed by atoms with van der Waals surface area (Å²) in [6.07, 6.45) is 3.70. The number of aromatic amines is 2. The Morgan fingerprint density at radius 1 is 0.923 bits per heavy atom. The van der Waals surface area contributed by atoms with Crippen LogP contribution in [0.3, 0.4) is 0 Å². The van der Waals surface area contributed by atoms with Gasteiger partial charge in [0.15, 0.2) is 5.95 Å². The van der Waals surface area contributed by atoms with Crippen LogP contribution in [0.4, 0.5) is 10.3 Å². The predicted molar refractivity (Wildman–Crippen MR) is 101 cm³/mol. The third-order valence-corrected chi connectivity index (χ3v) is 4.51. The molecule has 0 bridgehead atoms. The van der Waals surface area contributed by atoms with E-state index in [4.69, 9.17) is 5.73 Å². The summed E-state index contributed by atoms with van der Waals surface area (Å²) in [7, 11) is 0. The van der Waals surface area contributed by atoms with Crippen LogP contribution in [0, 0.1) is 5.82 Å². The van der Waals surface area contributed by atoms with E-state index in [2.05, 4.69) is 19.9 Å². The van der Waals surface area contributed by atoms with Gasteiger partial charge in [-0.05, 0) is 36.4 Å². The van der Waals surface area contributed by atoms with Crippen molar-refractivity contribution in [2.75, 3.05) is 5.73 Å². The van der Waals surface area contributed by atoms with Gasteiger partial charge in [0, 0.05) is 40.0 Å². The lowest BCUT2D eigenvalue weighted by Gasteiger charge is -2.04. The highest BCUT2D eigenvalue weighted by Crippen LogP contribution is 2.30. The molecule has 5 aromatic rings.